The Morgan fingerprint density at radius 3 is 2.90 bits per heavy atom. The van der Waals surface area contributed by atoms with E-state index < -0.39 is 0 Å². The first-order valence-corrected chi connectivity index (χ1v) is 6.42. The largest absolute Gasteiger partial charge is 0.394 e. The molecule has 0 saturated heterocycles. The third kappa shape index (κ3) is 2.23. The molecule has 0 saturated carbocycles. The minimum Gasteiger partial charge on any atom is -0.394 e. The van der Waals surface area contributed by atoms with E-state index in [2.05, 4.69) is 20.3 Å². The molecule has 0 aliphatic carbocycles. The van der Waals surface area contributed by atoms with Crippen LogP contribution in [0.1, 0.15) is 5.69 Å². The van der Waals surface area contributed by atoms with E-state index in [0.29, 0.717) is 17.2 Å². The number of hydrogen-bond acceptors (Lipinski definition) is 5. The first kappa shape index (κ1) is 12.6. The van der Waals surface area contributed by atoms with Crippen molar-refractivity contribution >= 4 is 39.6 Å². The van der Waals surface area contributed by atoms with Gasteiger partial charge in [0.15, 0.2) is 5.82 Å². The zero-order chi connectivity index (χ0) is 14.1. The van der Waals surface area contributed by atoms with Gasteiger partial charge < -0.3 is 11.1 Å². The van der Waals surface area contributed by atoms with E-state index in [9.17, 15) is 0 Å². The molecule has 0 amide bonds. The van der Waals surface area contributed by atoms with Crippen molar-refractivity contribution in [3.05, 3.63) is 47.6 Å². The molecule has 0 aliphatic rings. The van der Waals surface area contributed by atoms with Gasteiger partial charge in [-0.25, -0.2) is 4.98 Å². The van der Waals surface area contributed by atoms with Gasteiger partial charge in [0.25, 0.3) is 0 Å². The van der Waals surface area contributed by atoms with Crippen molar-refractivity contribution in [1.82, 2.24) is 15.0 Å². The molecule has 0 spiro atoms. The molecule has 20 heavy (non-hydrogen) atoms. The van der Waals surface area contributed by atoms with E-state index in [1.165, 1.54) is 0 Å². The van der Waals surface area contributed by atoms with Crippen molar-refractivity contribution in [2.24, 2.45) is 0 Å². The van der Waals surface area contributed by atoms with Crippen LogP contribution in [-0.4, -0.2) is 15.0 Å². The maximum absolute atomic E-state index is 5.98. The van der Waals surface area contributed by atoms with Gasteiger partial charge in [-0.2, -0.15) is 4.98 Å². The minimum atomic E-state index is 0.168. The molecule has 100 valence electrons. The second-order valence-corrected chi connectivity index (χ2v) is 4.71. The number of rotatable bonds is 2. The van der Waals surface area contributed by atoms with Gasteiger partial charge in [-0.15, -0.1) is 0 Å². The number of nitrogen functional groups attached to an aromatic ring is 1. The molecule has 3 rings (SSSR count). The van der Waals surface area contributed by atoms with Gasteiger partial charge in [0.05, 0.1) is 11.4 Å². The number of benzene rings is 1. The number of anilines is 3. The fraction of sp³-hybridized carbons (Fsp3) is 0.0714. The average molecular weight is 286 g/mol. The topological polar surface area (TPSA) is 76.7 Å². The number of pyridine rings is 1. The number of aromatic nitrogens is 3. The van der Waals surface area contributed by atoms with Gasteiger partial charge in [-0.3, -0.25) is 4.98 Å². The number of nitrogens with zero attached hydrogens (tertiary/aromatic N) is 3. The number of hydrogen-bond donors (Lipinski definition) is 2. The Labute approximate surface area is 120 Å². The second kappa shape index (κ2) is 4.94. The molecule has 3 N–H and O–H groups in total. The molecular weight excluding hydrogens is 274 g/mol. The Kier molecular flexibility index (Phi) is 3.12. The van der Waals surface area contributed by atoms with E-state index >= 15 is 0 Å². The number of nitrogens with two attached hydrogens (primary N) is 1. The molecule has 1 aromatic carbocycles. The third-order valence-corrected chi connectivity index (χ3v) is 3.21. The predicted molar refractivity (Wildman–Crippen MR) is 81.2 cm³/mol. The monoisotopic (exact) mass is 285 g/mol. The molecule has 0 aliphatic heterocycles. The zero-order valence-electron chi connectivity index (χ0n) is 10.8. The quantitative estimate of drug-likeness (QED) is 0.706. The van der Waals surface area contributed by atoms with Crippen LogP contribution in [0.25, 0.3) is 10.8 Å². The van der Waals surface area contributed by atoms with Crippen LogP contribution in [0.5, 0.6) is 0 Å². The number of fused-ring (bicyclic) bond motifs is 1. The Hall–Kier alpha value is -2.40. The van der Waals surface area contributed by atoms with E-state index in [0.717, 1.165) is 16.5 Å². The van der Waals surface area contributed by atoms with Gasteiger partial charge in [0.1, 0.15) is 0 Å². The fourth-order valence-electron chi connectivity index (χ4n) is 2.00. The second-order valence-electron chi connectivity index (χ2n) is 4.37. The maximum Gasteiger partial charge on any atom is 0.224 e. The zero-order valence-corrected chi connectivity index (χ0v) is 11.5. The van der Waals surface area contributed by atoms with Crippen molar-refractivity contribution < 1.29 is 0 Å². The number of nitrogens with one attached hydrogen (secondary N) is 1. The molecule has 3 aromatic rings. The third-order valence-electron chi connectivity index (χ3n) is 3.04. The van der Waals surface area contributed by atoms with E-state index in [1.807, 2.05) is 30.5 Å². The number of aryl methyl sites for hydroxylation is 1. The number of halogens is 1. The molecule has 5 nitrogen and oxygen atoms in total. The fourth-order valence-corrected chi connectivity index (χ4v) is 2.21. The summed E-state index contributed by atoms with van der Waals surface area (Å²) in [5.41, 5.74) is 8.01. The van der Waals surface area contributed by atoms with Gasteiger partial charge >= 0.3 is 0 Å². The van der Waals surface area contributed by atoms with Crippen LogP contribution in [0.3, 0.4) is 0 Å². The molecule has 0 fully saturated rings. The Bertz CT molecular complexity index is 782. The lowest BCUT2D eigenvalue weighted by molar-refractivity contribution is 1.11. The van der Waals surface area contributed by atoms with Crippen molar-refractivity contribution in [1.29, 1.82) is 0 Å². The highest BCUT2D eigenvalue weighted by Crippen LogP contribution is 2.28. The lowest BCUT2D eigenvalue weighted by atomic mass is 10.1. The summed E-state index contributed by atoms with van der Waals surface area (Å²) in [6.07, 6.45) is 3.55. The Morgan fingerprint density at radius 2 is 2.05 bits per heavy atom. The summed E-state index contributed by atoms with van der Waals surface area (Å²) in [6, 6.07) is 7.82. The van der Waals surface area contributed by atoms with Crippen LogP contribution in [0.4, 0.5) is 17.2 Å². The molecule has 6 heteroatoms. The summed E-state index contributed by atoms with van der Waals surface area (Å²) in [6.45, 7) is 1.79. The van der Waals surface area contributed by atoms with Crippen molar-refractivity contribution in [2.75, 3.05) is 11.1 Å². The van der Waals surface area contributed by atoms with Gasteiger partial charge in [-0.1, -0.05) is 12.1 Å². The highest BCUT2D eigenvalue weighted by molar-refractivity contribution is 6.28. The van der Waals surface area contributed by atoms with Crippen LogP contribution in [0, 0.1) is 6.92 Å². The summed E-state index contributed by atoms with van der Waals surface area (Å²) in [5.74, 6) is 0.506. The van der Waals surface area contributed by atoms with E-state index in [1.54, 1.807) is 13.1 Å². The van der Waals surface area contributed by atoms with Crippen LogP contribution in [-0.2, 0) is 0 Å². The Balaban J connectivity index is 2.10. The van der Waals surface area contributed by atoms with Crippen molar-refractivity contribution in [3.63, 3.8) is 0 Å². The summed E-state index contributed by atoms with van der Waals surface area (Å²) >= 11 is 5.88. The molecule has 0 unspecified atom stereocenters. The Morgan fingerprint density at radius 1 is 1.20 bits per heavy atom. The molecule has 0 atom stereocenters. The van der Waals surface area contributed by atoms with Gasteiger partial charge in [0.2, 0.25) is 5.28 Å². The van der Waals surface area contributed by atoms with E-state index in [-0.39, 0.29) is 5.28 Å². The molecule has 0 radical (unpaired) electrons. The SMILES string of the molecule is Cc1nc(Cl)nc(Nc2cccc3cnccc23)c1N. The van der Waals surface area contributed by atoms with Crippen LogP contribution in [0.15, 0.2) is 36.7 Å². The van der Waals surface area contributed by atoms with Crippen molar-refractivity contribution in [2.45, 2.75) is 6.92 Å². The normalized spacial score (nSPS) is 10.7. The lowest BCUT2D eigenvalue weighted by Crippen LogP contribution is -2.04. The van der Waals surface area contributed by atoms with Crippen molar-refractivity contribution in [3.8, 4) is 0 Å². The molecule has 0 bridgehead atoms. The average Bonchev–Trinajstić information content (AvgIpc) is 2.44. The smallest absolute Gasteiger partial charge is 0.224 e. The minimum absolute atomic E-state index is 0.168. The summed E-state index contributed by atoms with van der Waals surface area (Å²) in [4.78, 5) is 12.3. The van der Waals surface area contributed by atoms with Crippen LogP contribution < -0.4 is 11.1 Å². The van der Waals surface area contributed by atoms with Crippen LogP contribution in [0.2, 0.25) is 5.28 Å². The molecule has 2 aromatic heterocycles. The highest BCUT2D eigenvalue weighted by atomic mass is 35.5. The van der Waals surface area contributed by atoms with Gasteiger partial charge in [-0.05, 0) is 30.7 Å². The summed E-state index contributed by atoms with van der Waals surface area (Å²) in [7, 11) is 0. The summed E-state index contributed by atoms with van der Waals surface area (Å²) < 4.78 is 0. The summed E-state index contributed by atoms with van der Waals surface area (Å²) in [5, 5.41) is 5.45. The van der Waals surface area contributed by atoms with Crippen LogP contribution >= 0.6 is 11.6 Å². The van der Waals surface area contributed by atoms with Gasteiger partial charge in [0, 0.05) is 28.9 Å². The molecule has 2 heterocycles. The first-order chi connectivity index (χ1) is 9.65. The first-order valence-electron chi connectivity index (χ1n) is 6.04. The molecular formula is C14H12ClN5. The lowest BCUT2D eigenvalue weighted by Gasteiger charge is -2.12. The van der Waals surface area contributed by atoms with E-state index in [4.69, 9.17) is 17.3 Å². The maximum atomic E-state index is 5.98. The highest BCUT2D eigenvalue weighted by Gasteiger charge is 2.09. The standard InChI is InChI=1S/C14H12ClN5/c1-8-12(16)13(20-14(15)18-8)19-11-4-2-3-9-7-17-6-5-10(9)11/h2-7H,16H2,1H3,(H,18,19,20). The predicted octanol–water partition coefficient (Wildman–Crippen LogP) is 3.31.